The number of likely N-dealkylation sites (tertiary alicyclic amines) is 1. The molecule has 0 radical (unpaired) electrons. The van der Waals surface area contributed by atoms with Gasteiger partial charge in [-0.15, -0.1) is 0 Å². The van der Waals surface area contributed by atoms with Crippen LogP contribution in [0.5, 0.6) is 11.5 Å². The molecule has 1 unspecified atom stereocenters. The second-order valence-corrected chi connectivity index (χ2v) is 7.54. The van der Waals surface area contributed by atoms with Crippen molar-refractivity contribution < 1.29 is 19.1 Å². The number of pyridine rings is 1. The van der Waals surface area contributed by atoms with Gasteiger partial charge in [0.1, 0.15) is 13.2 Å². The molecule has 3 heterocycles. The van der Waals surface area contributed by atoms with Gasteiger partial charge in [-0.1, -0.05) is 6.07 Å². The van der Waals surface area contributed by atoms with Crippen LogP contribution in [-0.2, 0) is 11.3 Å². The van der Waals surface area contributed by atoms with E-state index in [4.69, 9.17) is 9.47 Å². The number of fused-ring (bicyclic) bond motifs is 1. The van der Waals surface area contributed by atoms with Crippen molar-refractivity contribution in [3.8, 4) is 11.5 Å². The normalized spacial score (nSPS) is 17.9. The second kappa shape index (κ2) is 9.02. The van der Waals surface area contributed by atoms with E-state index in [0.717, 1.165) is 18.4 Å². The van der Waals surface area contributed by atoms with Crippen LogP contribution in [0.25, 0.3) is 0 Å². The van der Waals surface area contributed by atoms with Crippen molar-refractivity contribution in [1.82, 2.24) is 14.8 Å². The molecule has 0 aliphatic carbocycles. The fraction of sp³-hybridized carbons (Fsp3) is 0.409. The highest BCUT2D eigenvalue weighted by molar-refractivity contribution is 5.90. The molecule has 3 amide bonds. The Hall–Kier alpha value is -3.29. The van der Waals surface area contributed by atoms with Crippen molar-refractivity contribution >= 4 is 17.6 Å². The fourth-order valence-corrected chi connectivity index (χ4v) is 3.90. The van der Waals surface area contributed by atoms with E-state index in [1.54, 1.807) is 42.4 Å². The Morgan fingerprint density at radius 2 is 2.07 bits per heavy atom. The van der Waals surface area contributed by atoms with Crippen molar-refractivity contribution in [3.63, 3.8) is 0 Å². The van der Waals surface area contributed by atoms with Gasteiger partial charge in [0.15, 0.2) is 11.5 Å². The van der Waals surface area contributed by atoms with Crippen LogP contribution >= 0.6 is 0 Å². The van der Waals surface area contributed by atoms with Gasteiger partial charge in [0.05, 0.1) is 0 Å². The van der Waals surface area contributed by atoms with Crippen molar-refractivity contribution in [2.24, 2.45) is 0 Å². The Kier molecular flexibility index (Phi) is 6.02. The molecule has 4 rings (SSSR count). The predicted molar refractivity (Wildman–Crippen MR) is 112 cm³/mol. The van der Waals surface area contributed by atoms with E-state index in [-0.39, 0.29) is 18.0 Å². The molecule has 158 valence electrons. The van der Waals surface area contributed by atoms with E-state index in [0.29, 0.717) is 50.0 Å². The summed E-state index contributed by atoms with van der Waals surface area (Å²) in [6.45, 7) is 4.24. The summed E-state index contributed by atoms with van der Waals surface area (Å²) in [4.78, 5) is 32.9. The second-order valence-electron chi connectivity index (χ2n) is 7.54. The minimum absolute atomic E-state index is 0.00190. The first-order valence-corrected chi connectivity index (χ1v) is 10.2. The molecule has 1 atom stereocenters. The number of nitrogens with one attached hydrogen (secondary N) is 1. The number of piperidine rings is 1. The van der Waals surface area contributed by atoms with Crippen molar-refractivity contribution in [2.45, 2.75) is 32.4 Å². The lowest BCUT2D eigenvalue weighted by Crippen LogP contribution is -2.51. The van der Waals surface area contributed by atoms with E-state index >= 15 is 0 Å². The summed E-state index contributed by atoms with van der Waals surface area (Å²) in [5.41, 5.74) is 1.63. The maximum atomic E-state index is 12.9. The third-order valence-electron chi connectivity index (χ3n) is 5.40. The Morgan fingerprint density at radius 3 is 2.83 bits per heavy atom. The van der Waals surface area contributed by atoms with Crippen LogP contribution in [0.3, 0.4) is 0 Å². The molecule has 0 saturated carbocycles. The molecule has 0 spiro atoms. The molecule has 8 nitrogen and oxygen atoms in total. The highest BCUT2D eigenvalue weighted by Gasteiger charge is 2.29. The monoisotopic (exact) mass is 410 g/mol. The van der Waals surface area contributed by atoms with Gasteiger partial charge in [0.2, 0.25) is 5.91 Å². The molecule has 2 aliphatic rings. The van der Waals surface area contributed by atoms with Gasteiger partial charge in [0.25, 0.3) is 0 Å². The van der Waals surface area contributed by atoms with Crippen LogP contribution in [0.4, 0.5) is 10.5 Å². The first-order chi connectivity index (χ1) is 14.6. The van der Waals surface area contributed by atoms with Crippen LogP contribution in [0.15, 0.2) is 42.7 Å². The van der Waals surface area contributed by atoms with Crippen molar-refractivity contribution in [1.29, 1.82) is 0 Å². The summed E-state index contributed by atoms with van der Waals surface area (Å²) < 4.78 is 11.1. The summed E-state index contributed by atoms with van der Waals surface area (Å²) in [6.07, 6.45) is 5.20. The van der Waals surface area contributed by atoms with E-state index in [1.165, 1.54) is 0 Å². The van der Waals surface area contributed by atoms with Gasteiger partial charge < -0.3 is 24.6 Å². The third-order valence-corrected chi connectivity index (χ3v) is 5.40. The van der Waals surface area contributed by atoms with Gasteiger partial charge in [-0.3, -0.25) is 9.78 Å². The molecule has 2 aromatic rings. The number of hydrogen-bond acceptors (Lipinski definition) is 5. The summed E-state index contributed by atoms with van der Waals surface area (Å²) in [5.74, 6) is 1.32. The quantitative estimate of drug-likeness (QED) is 0.838. The third kappa shape index (κ3) is 4.64. The lowest BCUT2D eigenvalue weighted by atomic mass is 10.0. The van der Waals surface area contributed by atoms with E-state index in [1.807, 2.05) is 17.0 Å². The number of nitrogens with zero attached hydrogens (tertiary/aromatic N) is 3. The number of rotatable bonds is 4. The maximum absolute atomic E-state index is 12.9. The van der Waals surface area contributed by atoms with Crippen molar-refractivity contribution in [3.05, 3.63) is 48.3 Å². The molecular weight excluding hydrogens is 384 g/mol. The van der Waals surface area contributed by atoms with E-state index in [9.17, 15) is 9.59 Å². The van der Waals surface area contributed by atoms with E-state index in [2.05, 4.69) is 10.3 Å². The number of hydrogen-bond donors (Lipinski definition) is 1. The Balaban J connectivity index is 1.41. The number of benzene rings is 1. The first kappa shape index (κ1) is 20.0. The number of anilines is 1. The molecule has 0 bridgehead atoms. The number of carbonyl (C=O) groups is 2. The molecule has 1 N–H and O–H groups in total. The van der Waals surface area contributed by atoms with Gasteiger partial charge in [-0.2, -0.15) is 0 Å². The van der Waals surface area contributed by atoms with Gasteiger partial charge in [-0.25, -0.2) is 4.79 Å². The summed E-state index contributed by atoms with van der Waals surface area (Å²) in [5, 5.41) is 2.94. The molecule has 1 fully saturated rings. The SMILES string of the molecule is CC(=O)N(Cc1cccnc1)C1CCCN(C(=O)Nc2ccc3c(c2)OCCO3)C1. The van der Waals surface area contributed by atoms with Crippen molar-refractivity contribution in [2.75, 3.05) is 31.6 Å². The highest BCUT2D eigenvalue weighted by Crippen LogP contribution is 2.32. The van der Waals surface area contributed by atoms with E-state index < -0.39 is 0 Å². The summed E-state index contributed by atoms with van der Waals surface area (Å²) in [7, 11) is 0. The molecule has 30 heavy (non-hydrogen) atoms. The zero-order chi connectivity index (χ0) is 20.9. The number of amides is 3. The highest BCUT2D eigenvalue weighted by atomic mass is 16.6. The fourth-order valence-electron chi connectivity index (χ4n) is 3.90. The smallest absolute Gasteiger partial charge is 0.321 e. The van der Waals surface area contributed by atoms with Crippen LogP contribution in [-0.4, -0.2) is 59.1 Å². The maximum Gasteiger partial charge on any atom is 0.321 e. The lowest BCUT2D eigenvalue weighted by Gasteiger charge is -2.39. The largest absolute Gasteiger partial charge is 0.486 e. The number of aromatic nitrogens is 1. The Morgan fingerprint density at radius 1 is 1.23 bits per heavy atom. The standard InChI is InChI=1S/C22H26N4O4/c1-16(27)26(14-17-4-2-8-23-13-17)19-5-3-9-25(15-19)22(28)24-18-6-7-20-21(12-18)30-11-10-29-20/h2,4,6-8,12-13,19H,3,5,9-11,14-15H2,1H3,(H,24,28). The molecular formula is C22H26N4O4. The number of urea groups is 1. The lowest BCUT2D eigenvalue weighted by molar-refractivity contribution is -0.132. The Bertz CT molecular complexity index is 905. The molecule has 1 saturated heterocycles. The molecule has 1 aromatic heterocycles. The molecule has 8 heteroatoms. The average molecular weight is 410 g/mol. The number of carbonyl (C=O) groups excluding carboxylic acids is 2. The van der Waals surface area contributed by atoms with Crippen LogP contribution < -0.4 is 14.8 Å². The zero-order valence-electron chi connectivity index (χ0n) is 17.0. The summed E-state index contributed by atoms with van der Waals surface area (Å²) >= 11 is 0. The van der Waals surface area contributed by atoms with Crippen LogP contribution in [0.2, 0.25) is 0 Å². The predicted octanol–water partition coefficient (Wildman–Crippen LogP) is 2.90. The van der Waals surface area contributed by atoms with Gasteiger partial charge >= 0.3 is 6.03 Å². The molecule has 1 aromatic carbocycles. The topological polar surface area (TPSA) is 84.0 Å². The zero-order valence-corrected chi connectivity index (χ0v) is 17.0. The van der Waals surface area contributed by atoms with Gasteiger partial charge in [-0.05, 0) is 36.6 Å². The average Bonchev–Trinajstić information content (AvgIpc) is 2.78. The van der Waals surface area contributed by atoms with Crippen LogP contribution in [0.1, 0.15) is 25.3 Å². The minimum Gasteiger partial charge on any atom is -0.486 e. The Labute approximate surface area is 175 Å². The first-order valence-electron chi connectivity index (χ1n) is 10.2. The minimum atomic E-state index is -0.179. The number of ether oxygens (including phenoxy) is 2. The molecule has 2 aliphatic heterocycles. The van der Waals surface area contributed by atoms with Gasteiger partial charge in [0, 0.05) is 56.7 Å². The van der Waals surface area contributed by atoms with Crippen LogP contribution in [0, 0.1) is 0 Å². The summed E-state index contributed by atoms with van der Waals surface area (Å²) in [6, 6.07) is 8.99.